The molecule has 2 N–H and O–H groups in total. The average molecular weight is 365 g/mol. The van der Waals surface area contributed by atoms with Crippen LogP contribution in [0.25, 0.3) is 11.0 Å². The van der Waals surface area contributed by atoms with E-state index in [4.69, 9.17) is 4.74 Å². The van der Waals surface area contributed by atoms with Crippen molar-refractivity contribution in [2.45, 2.75) is 45.9 Å². The number of ether oxygens (including phenoxy) is 1. The van der Waals surface area contributed by atoms with Crippen LogP contribution in [0.4, 0.5) is 0 Å². The van der Waals surface area contributed by atoms with Crippen molar-refractivity contribution in [3.8, 4) is 0 Å². The molecule has 0 spiro atoms. The minimum Gasteiger partial charge on any atom is -0.364 e. The van der Waals surface area contributed by atoms with Gasteiger partial charge in [0.1, 0.15) is 11.9 Å². The largest absolute Gasteiger partial charge is 0.364 e. The molecule has 1 heterocycles. The molecule has 27 heavy (non-hydrogen) atoms. The van der Waals surface area contributed by atoms with E-state index in [9.17, 15) is 4.79 Å². The predicted octanol–water partition coefficient (Wildman–Crippen LogP) is 4.37. The van der Waals surface area contributed by atoms with Crippen molar-refractivity contribution in [1.82, 2.24) is 15.3 Å². The van der Waals surface area contributed by atoms with E-state index >= 15 is 0 Å². The summed E-state index contributed by atoms with van der Waals surface area (Å²) in [7, 11) is 0. The Morgan fingerprint density at radius 1 is 1.07 bits per heavy atom. The molecule has 142 valence electrons. The monoisotopic (exact) mass is 365 g/mol. The van der Waals surface area contributed by atoms with E-state index in [2.05, 4.69) is 29.1 Å². The molecule has 3 aromatic rings. The zero-order chi connectivity index (χ0) is 19.2. The number of rotatable bonds is 8. The van der Waals surface area contributed by atoms with Crippen molar-refractivity contribution >= 4 is 16.9 Å². The molecule has 5 heteroatoms. The molecule has 2 aromatic carbocycles. The molecule has 1 aromatic heterocycles. The number of aromatic amines is 1. The van der Waals surface area contributed by atoms with Gasteiger partial charge >= 0.3 is 0 Å². The van der Waals surface area contributed by atoms with Gasteiger partial charge in [0.05, 0.1) is 23.7 Å². The second-order valence-corrected chi connectivity index (χ2v) is 7.27. The van der Waals surface area contributed by atoms with Gasteiger partial charge in [0.25, 0.3) is 0 Å². The second kappa shape index (κ2) is 8.82. The number of benzene rings is 2. The molecule has 0 saturated heterocycles. The fraction of sp³-hybridized carbons (Fsp3) is 0.364. The van der Waals surface area contributed by atoms with Crippen LogP contribution >= 0.6 is 0 Å². The van der Waals surface area contributed by atoms with Crippen molar-refractivity contribution in [2.24, 2.45) is 5.92 Å². The molecule has 0 aliphatic heterocycles. The summed E-state index contributed by atoms with van der Waals surface area (Å²) in [6.07, 6.45) is 0.265. The van der Waals surface area contributed by atoms with E-state index in [1.165, 1.54) is 0 Å². The van der Waals surface area contributed by atoms with Crippen LogP contribution in [0, 0.1) is 5.92 Å². The van der Waals surface area contributed by atoms with Crippen LogP contribution in [-0.2, 0) is 16.1 Å². The normalized spacial score (nSPS) is 13.6. The number of fused-ring (bicyclic) bond motifs is 1. The van der Waals surface area contributed by atoms with E-state index in [-0.39, 0.29) is 11.9 Å². The van der Waals surface area contributed by atoms with Crippen LogP contribution in [0.2, 0.25) is 0 Å². The summed E-state index contributed by atoms with van der Waals surface area (Å²) in [5, 5.41) is 3.10. The summed E-state index contributed by atoms with van der Waals surface area (Å²) >= 11 is 0. The third-order valence-electron chi connectivity index (χ3n) is 4.47. The van der Waals surface area contributed by atoms with Crippen LogP contribution in [0.1, 0.15) is 44.6 Å². The first-order chi connectivity index (χ1) is 13.0. The van der Waals surface area contributed by atoms with Gasteiger partial charge in [-0.05, 0) is 37.0 Å². The van der Waals surface area contributed by atoms with Gasteiger partial charge in [0, 0.05) is 0 Å². The average Bonchev–Trinajstić information content (AvgIpc) is 3.10. The molecule has 0 aliphatic rings. The number of para-hydroxylation sites is 2. The molecule has 0 unspecified atom stereocenters. The number of hydrogen-bond donors (Lipinski definition) is 2. The van der Waals surface area contributed by atoms with Crippen LogP contribution < -0.4 is 5.32 Å². The minimum absolute atomic E-state index is 0.128. The number of imidazole rings is 1. The van der Waals surface area contributed by atoms with E-state index < -0.39 is 6.10 Å². The van der Waals surface area contributed by atoms with Gasteiger partial charge in [-0.3, -0.25) is 4.79 Å². The molecule has 5 nitrogen and oxygen atoms in total. The fourth-order valence-corrected chi connectivity index (χ4v) is 3.01. The first-order valence-corrected chi connectivity index (χ1v) is 9.43. The van der Waals surface area contributed by atoms with E-state index in [0.717, 1.165) is 28.8 Å². The van der Waals surface area contributed by atoms with Crippen LogP contribution in [0.3, 0.4) is 0 Å². The number of H-pyrrole nitrogens is 1. The number of nitrogens with zero attached hydrogens (tertiary/aromatic N) is 1. The second-order valence-electron chi connectivity index (χ2n) is 7.27. The predicted molar refractivity (Wildman–Crippen MR) is 107 cm³/mol. The number of carbonyl (C=O) groups excluding carboxylic acids is 1. The van der Waals surface area contributed by atoms with E-state index in [0.29, 0.717) is 12.5 Å². The Kier molecular flexibility index (Phi) is 6.24. The molecular formula is C22H27N3O2. The molecule has 2 atom stereocenters. The number of aromatic nitrogens is 2. The Hall–Kier alpha value is -2.66. The zero-order valence-corrected chi connectivity index (χ0v) is 16.1. The summed E-state index contributed by atoms with van der Waals surface area (Å²) in [5.41, 5.74) is 2.93. The first-order valence-electron chi connectivity index (χ1n) is 9.43. The topological polar surface area (TPSA) is 67.0 Å². The smallest absolute Gasteiger partial charge is 0.249 e. The Morgan fingerprint density at radius 2 is 1.78 bits per heavy atom. The molecule has 0 bridgehead atoms. The maximum absolute atomic E-state index is 12.7. The molecule has 3 rings (SSSR count). The van der Waals surface area contributed by atoms with Crippen molar-refractivity contribution < 1.29 is 9.53 Å². The summed E-state index contributed by atoms with van der Waals surface area (Å²) in [4.78, 5) is 20.7. The number of nitrogens with one attached hydrogen (secondary N) is 2. The van der Waals surface area contributed by atoms with Gasteiger partial charge in [-0.2, -0.15) is 0 Å². The quantitative estimate of drug-likeness (QED) is 0.623. The van der Waals surface area contributed by atoms with Gasteiger partial charge < -0.3 is 15.0 Å². The third-order valence-corrected chi connectivity index (χ3v) is 4.47. The van der Waals surface area contributed by atoms with E-state index in [1.54, 1.807) is 6.92 Å². The summed E-state index contributed by atoms with van der Waals surface area (Å²) in [6, 6.07) is 17.6. The van der Waals surface area contributed by atoms with Crippen LogP contribution in [0.5, 0.6) is 0 Å². The highest BCUT2D eigenvalue weighted by molar-refractivity contribution is 5.81. The van der Waals surface area contributed by atoms with Gasteiger partial charge in [0.15, 0.2) is 0 Å². The van der Waals surface area contributed by atoms with Crippen molar-refractivity contribution in [3.63, 3.8) is 0 Å². The maximum Gasteiger partial charge on any atom is 0.249 e. The lowest BCUT2D eigenvalue weighted by molar-refractivity contribution is -0.133. The van der Waals surface area contributed by atoms with Gasteiger partial charge in [-0.1, -0.05) is 56.3 Å². The highest BCUT2D eigenvalue weighted by Gasteiger charge is 2.23. The summed E-state index contributed by atoms with van der Waals surface area (Å²) < 4.78 is 5.75. The fourth-order valence-electron chi connectivity index (χ4n) is 3.01. The highest BCUT2D eigenvalue weighted by atomic mass is 16.5. The summed E-state index contributed by atoms with van der Waals surface area (Å²) in [5.74, 6) is 1.08. The maximum atomic E-state index is 12.7. The third kappa shape index (κ3) is 5.17. The van der Waals surface area contributed by atoms with Crippen LogP contribution in [0.15, 0.2) is 54.6 Å². The van der Waals surface area contributed by atoms with Gasteiger partial charge in [-0.15, -0.1) is 0 Å². The summed E-state index contributed by atoms with van der Waals surface area (Å²) in [6.45, 7) is 6.46. The first kappa shape index (κ1) is 19.1. The van der Waals surface area contributed by atoms with Crippen molar-refractivity contribution in [1.29, 1.82) is 0 Å². The lowest BCUT2D eigenvalue weighted by Crippen LogP contribution is -2.38. The molecular weight excluding hydrogens is 338 g/mol. The van der Waals surface area contributed by atoms with Crippen molar-refractivity contribution in [2.75, 3.05) is 0 Å². The number of carbonyl (C=O) groups is 1. The van der Waals surface area contributed by atoms with Crippen LogP contribution in [-0.4, -0.2) is 22.0 Å². The lowest BCUT2D eigenvalue weighted by atomic mass is 10.0. The molecule has 0 fully saturated rings. The Labute approximate surface area is 160 Å². The zero-order valence-electron chi connectivity index (χ0n) is 16.1. The Morgan fingerprint density at radius 3 is 2.48 bits per heavy atom. The minimum atomic E-state index is -0.538. The number of hydrogen-bond acceptors (Lipinski definition) is 3. The molecule has 0 radical (unpaired) electrons. The SMILES string of the molecule is CC(C)C[C@H](NC(=O)[C@H](C)OCc1ccccc1)c1nc2ccccc2[nH]1. The molecule has 0 saturated carbocycles. The Bertz CT molecular complexity index is 840. The van der Waals surface area contributed by atoms with Gasteiger partial charge in [0.2, 0.25) is 5.91 Å². The molecule has 0 aliphatic carbocycles. The molecule has 1 amide bonds. The Balaban J connectivity index is 1.67. The highest BCUT2D eigenvalue weighted by Crippen LogP contribution is 2.22. The standard InChI is InChI=1S/C22H27N3O2/c1-15(2)13-20(21-23-18-11-7-8-12-19(18)24-21)25-22(26)16(3)27-14-17-9-5-4-6-10-17/h4-12,15-16,20H,13-14H2,1-3H3,(H,23,24)(H,25,26)/t16-,20-/m0/s1. The lowest BCUT2D eigenvalue weighted by Gasteiger charge is -2.21. The van der Waals surface area contributed by atoms with Crippen molar-refractivity contribution in [3.05, 3.63) is 66.0 Å². The van der Waals surface area contributed by atoms with Gasteiger partial charge in [-0.25, -0.2) is 4.98 Å². The number of amides is 1. The van der Waals surface area contributed by atoms with E-state index in [1.807, 2.05) is 54.6 Å².